The minimum absolute atomic E-state index is 0.155. The third-order valence-corrected chi connectivity index (χ3v) is 3.05. The van der Waals surface area contributed by atoms with E-state index in [4.69, 9.17) is 10.5 Å². The number of ether oxygens (including phenoxy) is 1. The van der Waals surface area contributed by atoms with Crippen molar-refractivity contribution in [1.29, 1.82) is 0 Å². The molecule has 0 spiro atoms. The maximum absolute atomic E-state index is 11.8. The van der Waals surface area contributed by atoms with Crippen LogP contribution in [0.15, 0.2) is 24.3 Å². The fourth-order valence-corrected chi connectivity index (χ4v) is 1.94. The van der Waals surface area contributed by atoms with Crippen molar-refractivity contribution in [3.8, 4) is 5.75 Å². The van der Waals surface area contributed by atoms with Gasteiger partial charge in [-0.25, -0.2) is 0 Å². The van der Waals surface area contributed by atoms with Crippen molar-refractivity contribution in [1.82, 2.24) is 4.90 Å². The molecule has 1 aromatic rings. The van der Waals surface area contributed by atoms with Crippen molar-refractivity contribution < 1.29 is 14.3 Å². The van der Waals surface area contributed by atoms with E-state index < -0.39 is 6.04 Å². The molecule has 2 rings (SSSR count). The lowest BCUT2D eigenvalue weighted by atomic mass is 10.0. The number of nitrogens with two attached hydrogens (primary N) is 1. The third-order valence-electron chi connectivity index (χ3n) is 3.05. The highest BCUT2D eigenvalue weighted by atomic mass is 16.5. The van der Waals surface area contributed by atoms with Gasteiger partial charge in [0.05, 0.1) is 19.7 Å². The SMILES string of the molecule is COc1ccc(CN2C(=O)CC[C@H](N)C2=O)cc1. The van der Waals surface area contributed by atoms with Crippen LogP contribution in [0.2, 0.25) is 0 Å². The molecule has 0 saturated carbocycles. The summed E-state index contributed by atoms with van der Waals surface area (Å²) in [6.45, 7) is 0.273. The molecule has 1 aromatic carbocycles. The highest BCUT2D eigenvalue weighted by Gasteiger charge is 2.31. The fourth-order valence-electron chi connectivity index (χ4n) is 1.94. The number of hydrogen-bond acceptors (Lipinski definition) is 4. The van der Waals surface area contributed by atoms with Crippen molar-refractivity contribution in [2.24, 2.45) is 5.73 Å². The standard InChI is InChI=1S/C13H16N2O3/c1-18-10-4-2-9(3-5-10)8-15-12(16)7-6-11(14)13(15)17/h2-5,11H,6-8,14H2,1H3/t11-/m0/s1. The van der Waals surface area contributed by atoms with Gasteiger partial charge in [-0.05, 0) is 24.1 Å². The summed E-state index contributed by atoms with van der Waals surface area (Å²) in [5, 5.41) is 0. The summed E-state index contributed by atoms with van der Waals surface area (Å²) >= 11 is 0. The second-order valence-electron chi connectivity index (χ2n) is 4.31. The normalized spacial score (nSPS) is 20.1. The number of benzene rings is 1. The lowest BCUT2D eigenvalue weighted by Gasteiger charge is -2.28. The van der Waals surface area contributed by atoms with Crippen LogP contribution in [0.3, 0.4) is 0 Å². The molecule has 2 amide bonds. The zero-order chi connectivity index (χ0) is 13.1. The zero-order valence-corrected chi connectivity index (χ0v) is 10.3. The van der Waals surface area contributed by atoms with Crippen LogP contribution in [0.1, 0.15) is 18.4 Å². The first-order valence-corrected chi connectivity index (χ1v) is 5.84. The summed E-state index contributed by atoms with van der Waals surface area (Å²) in [6, 6.07) is 6.71. The lowest BCUT2D eigenvalue weighted by molar-refractivity contribution is -0.149. The molecule has 0 aliphatic carbocycles. The second-order valence-corrected chi connectivity index (χ2v) is 4.31. The lowest BCUT2D eigenvalue weighted by Crippen LogP contribution is -2.50. The number of imide groups is 1. The number of nitrogens with zero attached hydrogens (tertiary/aromatic N) is 1. The first-order valence-electron chi connectivity index (χ1n) is 5.84. The van der Waals surface area contributed by atoms with Crippen LogP contribution in [0.4, 0.5) is 0 Å². The Bertz CT molecular complexity index is 456. The molecule has 1 atom stereocenters. The van der Waals surface area contributed by atoms with Crippen LogP contribution < -0.4 is 10.5 Å². The average molecular weight is 248 g/mol. The molecular weight excluding hydrogens is 232 g/mol. The Morgan fingerprint density at radius 1 is 1.33 bits per heavy atom. The van der Waals surface area contributed by atoms with Gasteiger partial charge in [-0.2, -0.15) is 0 Å². The van der Waals surface area contributed by atoms with Crippen LogP contribution >= 0.6 is 0 Å². The number of amides is 2. The monoisotopic (exact) mass is 248 g/mol. The summed E-state index contributed by atoms with van der Waals surface area (Å²) in [4.78, 5) is 24.8. The third kappa shape index (κ3) is 2.51. The van der Waals surface area contributed by atoms with Crippen molar-refractivity contribution in [3.63, 3.8) is 0 Å². The summed E-state index contributed by atoms with van der Waals surface area (Å²) in [6.07, 6.45) is 0.778. The van der Waals surface area contributed by atoms with E-state index in [-0.39, 0.29) is 18.4 Å². The van der Waals surface area contributed by atoms with Crippen LogP contribution in [-0.2, 0) is 16.1 Å². The van der Waals surface area contributed by atoms with E-state index in [1.165, 1.54) is 4.90 Å². The quantitative estimate of drug-likeness (QED) is 0.798. The number of carbonyl (C=O) groups is 2. The van der Waals surface area contributed by atoms with Crippen LogP contribution in [0.5, 0.6) is 5.75 Å². The van der Waals surface area contributed by atoms with Gasteiger partial charge in [-0.3, -0.25) is 14.5 Å². The Morgan fingerprint density at radius 2 is 2.00 bits per heavy atom. The predicted octanol–water partition coefficient (Wildman–Crippen LogP) is 0.671. The molecule has 0 aromatic heterocycles. The molecular formula is C13H16N2O3. The largest absolute Gasteiger partial charge is 0.497 e. The molecule has 0 unspecified atom stereocenters. The molecule has 5 heteroatoms. The summed E-state index contributed by atoms with van der Waals surface area (Å²) in [5.41, 5.74) is 6.55. The van der Waals surface area contributed by atoms with E-state index in [1.54, 1.807) is 19.2 Å². The van der Waals surface area contributed by atoms with Gasteiger partial charge in [0.15, 0.2) is 0 Å². The number of methoxy groups -OCH3 is 1. The smallest absolute Gasteiger partial charge is 0.246 e. The van der Waals surface area contributed by atoms with Crippen LogP contribution in [0, 0.1) is 0 Å². The fraction of sp³-hybridized carbons (Fsp3) is 0.385. The van der Waals surface area contributed by atoms with Crippen LogP contribution in [0.25, 0.3) is 0 Å². The average Bonchev–Trinajstić information content (AvgIpc) is 2.40. The molecule has 0 radical (unpaired) electrons. The summed E-state index contributed by atoms with van der Waals surface area (Å²) < 4.78 is 5.05. The first kappa shape index (κ1) is 12.6. The van der Waals surface area contributed by atoms with Gasteiger partial charge < -0.3 is 10.5 Å². The molecule has 5 nitrogen and oxygen atoms in total. The van der Waals surface area contributed by atoms with E-state index >= 15 is 0 Å². The maximum Gasteiger partial charge on any atom is 0.246 e. The van der Waals surface area contributed by atoms with Crippen molar-refractivity contribution in [2.45, 2.75) is 25.4 Å². The van der Waals surface area contributed by atoms with Gasteiger partial charge in [0.2, 0.25) is 11.8 Å². The van der Waals surface area contributed by atoms with Crippen molar-refractivity contribution in [3.05, 3.63) is 29.8 Å². The summed E-state index contributed by atoms with van der Waals surface area (Å²) in [7, 11) is 1.59. The molecule has 18 heavy (non-hydrogen) atoms. The van der Waals surface area contributed by atoms with Gasteiger partial charge in [-0.15, -0.1) is 0 Å². The Balaban J connectivity index is 2.11. The van der Waals surface area contributed by atoms with E-state index in [2.05, 4.69) is 0 Å². The van der Waals surface area contributed by atoms with Crippen molar-refractivity contribution >= 4 is 11.8 Å². The zero-order valence-electron chi connectivity index (χ0n) is 10.3. The van der Waals surface area contributed by atoms with E-state index in [1.807, 2.05) is 12.1 Å². The number of piperidine rings is 1. The van der Waals surface area contributed by atoms with Crippen molar-refractivity contribution in [2.75, 3.05) is 7.11 Å². The number of rotatable bonds is 3. The first-order chi connectivity index (χ1) is 8.61. The Hall–Kier alpha value is -1.88. The number of likely N-dealkylation sites (tertiary alicyclic amines) is 1. The Labute approximate surface area is 106 Å². The topological polar surface area (TPSA) is 72.6 Å². The Morgan fingerprint density at radius 3 is 2.61 bits per heavy atom. The molecule has 1 aliphatic heterocycles. The van der Waals surface area contributed by atoms with Gasteiger partial charge >= 0.3 is 0 Å². The minimum atomic E-state index is -0.555. The molecule has 1 heterocycles. The van der Waals surface area contributed by atoms with E-state index in [9.17, 15) is 9.59 Å². The molecule has 2 N–H and O–H groups in total. The van der Waals surface area contributed by atoms with Gasteiger partial charge in [0.25, 0.3) is 0 Å². The molecule has 96 valence electrons. The molecule has 1 aliphatic rings. The molecule has 1 fully saturated rings. The second kappa shape index (κ2) is 5.18. The highest BCUT2D eigenvalue weighted by Crippen LogP contribution is 2.17. The predicted molar refractivity (Wildman–Crippen MR) is 65.8 cm³/mol. The van der Waals surface area contributed by atoms with E-state index in [0.29, 0.717) is 12.8 Å². The number of hydrogen-bond donors (Lipinski definition) is 1. The van der Waals surface area contributed by atoms with Gasteiger partial charge in [0, 0.05) is 6.42 Å². The van der Waals surface area contributed by atoms with E-state index in [0.717, 1.165) is 11.3 Å². The summed E-state index contributed by atoms with van der Waals surface area (Å²) in [5.74, 6) is 0.298. The molecule has 1 saturated heterocycles. The maximum atomic E-state index is 11.8. The highest BCUT2D eigenvalue weighted by molar-refractivity contribution is 6.00. The van der Waals surface area contributed by atoms with Crippen LogP contribution in [-0.4, -0.2) is 29.9 Å². The number of carbonyl (C=O) groups excluding carboxylic acids is 2. The van der Waals surface area contributed by atoms with Gasteiger partial charge in [-0.1, -0.05) is 12.1 Å². The Kier molecular flexibility index (Phi) is 3.62. The molecule has 0 bridgehead atoms. The minimum Gasteiger partial charge on any atom is -0.497 e. The van der Waals surface area contributed by atoms with Gasteiger partial charge in [0.1, 0.15) is 5.75 Å².